The molecule has 1 aliphatic heterocycles. The quantitative estimate of drug-likeness (QED) is 0.291. The van der Waals surface area contributed by atoms with Gasteiger partial charge >= 0.3 is 11.9 Å². The van der Waals surface area contributed by atoms with Gasteiger partial charge in [-0.15, -0.1) is 0 Å². The lowest BCUT2D eigenvalue weighted by molar-refractivity contribution is -0.153. The van der Waals surface area contributed by atoms with Crippen molar-refractivity contribution in [3.63, 3.8) is 0 Å². The molecule has 0 spiro atoms. The largest absolute Gasteiger partial charge is 0.392 e. The highest BCUT2D eigenvalue weighted by Crippen LogP contribution is 2.36. The van der Waals surface area contributed by atoms with Crippen molar-refractivity contribution in [3.8, 4) is 0 Å². The second-order valence-corrected chi connectivity index (χ2v) is 3.09. The van der Waals surface area contributed by atoms with Crippen molar-refractivity contribution in [3.05, 3.63) is 11.6 Å². The molecule has 0 bridgehead atoms. The number of allylic oxidation sites excluding steroid dienone is 1. The summed E-state index contributed by atoms with van der Waals surface area (Å²) in [6.07, 6.45) is 2.52. The number of rotatable bonds is 0. The van der Waals surface area contributed by atoms with E-state index < -0.39 is 0 Å². The molecule has 2 atom stereocenters. The Kier molecular flexibility index (Phi) is 1.16. The summed E-state index contributed by atoms with van der Waals surface area (Å²) < 4.78 is 4.45. The predicted octanol–water partition coefficient (Wildman–Crippen LogP) is 0.652. The monoisotopic (exact) mass is 152 g/mol. The van der Waals surface area contributed by atoms with E-state index in [4.69, 9.17) is 0 Å². The Bertz CT molecular complexity index is 265. The molecule has 0 saturated carbocycles. The van der Waals surface area contributed by atoms with Crippen molar-refractivity contribution in [2.45, 2.75) is 13.3 Å². The van der Waals surface area contributed by atoms with Crippen LogP contribution in [0.15, 0.2) is 11.6 Å². The molecule has 1 saturated heterocycles. The number of cyclic esters (lactones) is 2. The molecule has 0 aromatic rings. The molecule has 1 aliphatic carbocycles. The van der Waals surface area contributed by atoms with Gasteiger partial charge in [0, 0.05) is 0 Å². The number of hydrogen-bond acceptors (Lipinski definition) is 3. The maximum atomic E-state index is 10.9. The van der Waals surface area contributed by atoms with Crippen LogP contribution in [0.1, 0.15) is 13.3 Å². The van der Waals surface area contributed by atoms with Gasteiger partial charge < -0.3 is 4.74 Å². The molecule has 1 heterocycles. The van der Waals surface area contributed by atoms with Crippen LogP contribution in [0.4, 0.5) is 0 Å². The minimum Gasteiger partial charge on any atom is -0.392 e. The molecule has 0 unspecified atom stereocenters. The van der Waals surface area contributed by atoms with Crippen LogP contribution >= 0.6 is 0 Å². The topological polar surface area (TPSA) is 43.4 Å². The van der Waals surface area contributed by atoms with Crippen molar-refractivity contribution >= 4 is 11.9 Å². The highest BCUT2D eigenvalue weighted by Gasteiger charge is 2.45. The SMILES string of the molecule is CC1=C[C@@H]2C(=O)OC(=O)[C@@H]2C1. The first kappa shape index (κ1) is 6.58. The molecule has 11 heavy (non-hydrogen) atoms. The molecule has 2 rings (SSSR count). The average Bonchev–Trinajstić information content (AvgIpc) is 2.38. The Morgan fingerprint density at radius 3 is 2.82 bits per heavy atom. The molecule has 3 heteroatoms. The lowest BCUT2D eigenvalue weighted by Gasteiger charge is -1.97. The van der Waals surface area contributed by atoms with Crippen LogP contribution in [0.25, 0.3) is 0 Å². The van der Waals surface area contributed by atoms with Gasteiger partial charge in [-0.3, -0.25) is 9.59 Å². The highest BCUT2D eigenvalue weighted by atomic mass is 16.6. The van der Waals surface area contributed by atoms with Crippen LogP contribution in [-0.4, -0.2) is 11.9 Å². The fourth-order valence-electron chi connectivity index (χ4n) is 1.67. The van der Waals surface area contributed by atoms with Crippen molar-refractivity contribution in [2.24, 2.45) is 11.8 Å². The van der Waals surface area contributed by atoms with Crippen molar-refractivity contribution < 1.29 is 14.3 Å². The van der Waals surface area contributed by atoms with Crippen molar-refractivity contribution in [1.29, 1.82) is 0 Å². The van der Waals surface area contributed by atoms with E-state index in [0.29, 0.717) is 6.42 Å². The maximum absolute atomic E-state index is 10.9. The van der Waals surface area contributed by atoms with E-state index >= 15 is 0 Å². The summed E-state index contributed by atoms with van der Waals surface area (Å²) in [7, 11) is 0. The van der Waals surface area contributed by atoms with Crippen molar-refractivity contribution in [1.82, 2.24) is 0 Å². The van der Waals surface area contributed by atoms with Crippen LogP contribution in [-0.2, 0) is 14.3 Å². The third-order valence-corrected chi connectivity index (χ3v) is 2.22. The molecule has 0 aromatic heterocycles. The van der Waals surface area contributed by atoms with Gasteiger partial charge in [0.15, 0.2) is 0 Å². The molecule has 0 amide bonds. The molecule has 3 nitrogen and oxygen atoms in total. The van der Waals surface area contributed by atoms with E-state index in [0.717, 1.165) is 5.57 Å². The maximum Gasteiger partial charge on any atom is 0.321 e. The number of ether oxygens (including phenoxy) is 1. The number of fused-ring (bicyclic) bond motifs is 1. The zero-order valence-electron chi connectivity index (χ0n) is 6.16. The fourth-order valence-corrected chi connectivity index (χ4v) is 1.67. The summed E-state index contributed by atoms with van der Waals surface area (Å²) in [5.41, 5.74) is 1.12. The van der Waals surface area contributed by atoms with Crippen LogP contribution in [0.5, 0.6) is 0 Å². The summed E-state index contributed by atoms with van der Waals surface area (Å²) in [5, 5.41) is 0. The van der Waals surface area contributed by atoms with E-state index in [1.165, 1.54) is 0 Å². The standard InChI is InChI=1S/C8H8O3/c1-4-2-5-6(3-4)8(10)11-7(5)9/h2,5-6H,3H2,1H3/t5-,6+/m0/s1. The van der Waals surface area contributed by atoms with Gasteiger partial charge in [0.25, 0.3) is 0 Å². The number of carbonyl (C=O) groups is 2. The summed E-state index contributed by atoms with van der Waals surface area (Å²) >= 11 is 0. The molecule has 1 fully saturated rings. The van der Waals surface area contributed by atoms with E-state index in [9.17, 15) is 9.59 Å². The first-order valence-corrected chi connectivity index (χ1v) is 3.61. The summed E-state index contributed by atoms with van der Waals surface area (Å²) in [5.74, 6) is -1.21. The average molecular weight is 152 g/mol. The van der Waals surface area contributed by atoms with Crippen LogP contribution < -0.4 is 0 Å². The normalized spacial score (nSPS) is 35.2. The van der Waals surface area contributed by atoms with Crippen molar-refractivity contribution in [2.75, 3.05) is 0 Å². The zero-order valence-corrected chi connectivity index (χ0v) is 6.16. The Morgan fingerprint density at radius 1 is 1.45 bits per heavy atom. The molecule has 0 radical (unpaired) electrons. The molecular formula is C8H8O3. The smallest absolute Gasteiger partial charge is 0.321 e. The number of esters is 2. The molecule has 0 N–H and O–H groups in total. The van der Waals surface area contributed by atoms with Gasteiger partial charge in [-0.25, -0.2) is 0 Å². The van der Waals surface area contributed by atoms with E-state index in [-0.39, 0.29) is 23.8 Å². The lowest BCUT2D eigenvalue weighted by atomic mass is 9.99. The fraction of sp³-hybridized carbons (Fsp3) is 0.500. The van der Waals surface area contributed by atoms with Gasteiger partial charge in [0.05, 0.1) is 11.8 Å². The van der Waals surface area contributed by atoms with Crippen LogP contribution in [0.2, 0.25) is 0 Å². The van der Waals surface area contributed by atoms with Gasteiger partial charge in [-0.05, 0) is 13.3 Å². The third-order valence-electron chi connectivity index (χ3n) is 2.22. The number of carbonyl (C=O) groups excluding carboxylic acids is 2. The second kappa shape index (κ2) is 1.94. The molecular weight excluding hydrogens is 144 g/mol. The van der Waals surface area contributed by atoms with Crippen LogP contribution in [0.3, 0.4) is 0 Å². The molecule has 0 aromatic carbocycles. The Labute approximate surface area is 64.0 Å². The summed E-state index contributed by atoms with van der Waals surface area (Å²) in [6.45, 7) is 1.93. The molecule has 2 aliphatic rings. The Morgan fingerprint density at radius 2 is 2.18 bits per heavy atom. The number of hydrogen-bond donors (Lipinski definition) is 0. The minimum absolute atomic E-state index is 0.206. The second-order valence-electron chi connectivity index (χ2n) is 3.09. The Balaban J connectivity index is 2.32. The van der Waals surface area contributed by atoms with Gasteiger partial charge in [-0.2, -0.15) is 0 Å². The first-order valence-electron chi connectivity index (χ1n) is 3.61. The summed E-state index contributed by atoms with van der Waals surface area (Å²) in [4.78, 5) is 21.9. The third kappa shape index (κ3) is 0.803. The van der Waals surface area contributed by atoms with E-state index in [2.05, 4.69) is 4.74 Å². The summed E-state index contributed by atoms with van der Waals surface area (Å²) in [6, 6.07) is 0. The minimum atomic E-state index is -0.378. The first-order chi connectivity index (χ1) is 5.18. The van der Waals surface area contributed by atoms with Gasteiger partial charge in [0.2, 0.25) is 0 Å². The van der Waals surface area contributed by atoms with E-state index in [1.54, 1.807) is 0 Å². The zero-order chi connectivity index (χ0) is 8.01. The Hall–Kier alpha value is -1.12. The van der Waals surface area contributed by atoms with E-state index in [1.807, 2.05) is 13.0 Å². The predicted molar refractivity (Wildman–Crippen MR) is 36.5 cm³/mol. The molecule has 58 valence electrons. The lowest BCUT2D eigenvalue weighted by Crippen LogP contribution is -2.10. The van der Waals surface area contributed by atoms with Gasteiger partial charge in [-0.1, -0.05) is 11.6 Å². The van der Waals surface area contributed by atoms with Crippen LogP contribution in [0, 0.1) is 11.8 Å². The highest BCUT2D eigenvalue weighted by molar-refractivity contribution is 5.98. The van der Waals surface area contributed by atoms with Gasteiger partial charge in [0.1, 0.15) is 0 Å².